The highest BCUT2D eigenvalue weighted by Gasteiger charge is 2.36. The quantitative estimate of drug-likeness (QED) is 0.622. The second kappa shape index (κ2) is 9.00. The van der Waals surface area contributed by atoms with Crippen molar-refractivity contribution in [3.8, 4) is 11.3 Å². The fourth-order valence-electron chi connectivity index (χ4n) is 5.65. The first-order valence-electron chi connectivity index (χ1n) is 12.6. The van der Waals surface area contributed by atoms with E-state index in [1.54, 1.807) is 0 Å². The molecule has 0 aromatic carbocycles. The average molecular weight is 460 g/mol. The van der Waals surface area contributed by atoms with Crippen molar-refractivity contribution in [2.45, 2.75) is 37.6 Å². The topological polar surface area (TPSA) is 91.8 Å². The predicted molar refractivity (Wildman–Crippen MR) is 133 cm³/mol. The predicted octanol–water partition coefficient (Wildman–Crippen LogP) is 2.25. The number of amides is 1. The van der Waals surface area contributed by atoms with E-state index in [2.05, 4.69) is 45.8 Å². The van der Waals surface area contributed by atoms with Gasteiger partial charge >= 0.3 is 0 Å². The molecule has 8 heteroatoms. The van der Waals surface area contributed by atoms with E-state index in [1.807, 2.05) is 21.8 Å². The molecule has 2 aliphatic heterocycles. The molecule has 5 heterocycles. The number of nitrogens with one attached hydrogen (secondary N) is 1. The summed E-state index contributed by atoms with van der Waals surface area (Å²) in [6.07, 6.45) is 10.1. The Balaban J connectivity index is 1.17. The molecular weight excluding hydrogens is 426 g/mol. The Hall–Kier alpha value is -2.97. The van der Waals surface area contributed by atoms with Gasteiger partial charge in [-0.2, -0.15) is 5.10 Å². The van der Waals surface area contributed by atoms with Gasteiger partial charge in [-0.05, 0) is 61.9 Å². The van der Waals surface area contributed by atoms with E-state index in [-0.39, 0.29) is 17.9 Å². The molecule has 178 valence electrons. The summed E-state index contributed by atoms with van der Waals surface area (Å²) in [5.41, 5.74) is 11.5. The molecule has 1 atom stereocenters. The van der Waals surface area contributed by atoms with Gasteiger partial charge in [-0.25, -0.2) is 4.52 Å². The first-order valence-corrected chi connectivity index (χ1v) is 12.6. The maximum absolute atomic E-state index is 12.7. The van der Waals surface area contributed by atoms with Crippen molar-refractivity contribution in [1.29, 1.82) is 0 Å². The van der Waals surface area contributed by atoms with Crippen molar-refractivity contribution >= 4 is 17.1 Å². The van der Waals surface area contributed by atoms with Crippen LogP contribution in [0.4, 0.5) is 5.69 Å². The van der Waals surface area contributed by atoms with Gasteiger partial charge in [0.25, 0.3) is 0 Å². The Bertz CT molecular complexity index is 1150. The zero-order chi connectivity index (χ0) is 23.1. The normalized spacial score (nSPS) is 25.4. The third-order valence-corrected chi connectivity index (χ3v) is 7.79. The molecule has 1 aliphatic carbocycles. The minimum atomic E-state index is 0.135. The summed E-state index contributed by atoms with van der Waals surface area (Å²) in [4.78, 5) is 21.9. The standard InChI is InChI=1S/C26H33N7O/c27-22-12-20(13-22)26(34)32-10-8-31(9-11-32)24-5-7-30-33-17-21(14-25(24)33)23-4-3-19(16-29-23)18-2-1-6-28-15-18/h3-5,7,14,16-18,20,22,28H,1-2,6,8-13,15,27H2/t18-,20?,22?/m1/s1. The van der Waals surface area contributed by atoms with Crippen molar-refractivity contribution in [2.24, 2.45) is 11.7 Å². The van der Waals surface area contributed by atoms with E-state index in [0.717, 1.165) is 74.6 Å². The Kier molecular flexibility index (Phi) is 5.71. The number of hydrogen-bond donors (Lipinski definition) is 2. The SMILES string of the molecule is NC1CC(C(=O)N2CCN(c3ccnn4cc(-c5ccc([C@@H]6CCCNC6)cn5)cc34)CC2)C1. The molecule has 0 unspecified atom stereocenters. The zero-order valence-electron chi connectivity index (χ0n) is 19.6. The number of aromatic nitrogens is 3. The second-order valence-corrected chi connectivity index (χ2v) is 10.0. The van der Waals surface area contributed by atoms with Crippen LogP contribution >= 0.6 is 0 Å². The number of anilines is 1. The van der Waals surface area contributed by atoms with Crippen molar-refractivity contribution < 1.29 is 4.79 Å². The lowest BCUT2D eigenvalue weighted by molar-refractivity contribution is -0.139. The largest absolute Gasteiger partial charge is 0.366 e. The van der Waals surface area contributed by atoms with Gasteiger partial charge in [0.05, 0.1) is 16.9 Å². The van der Waals surface area contributed by atoms with Gasteiger partial charge in [0.15, 0.2) is 0 Å². The van der Waals surface area contributed by atoms with Crippen LogP contribution in [-0.4, -0.2) is 70.7 Å². The fourth-order valence-corrected chi connectivity index (χ4v) is 5.65. The number of piperidine rings is 1. The van der Waals surface area contributed by atoms with Crippen LogP contribution < -0.4 is 16.0 Å². The lowest BCUT2D eigenvalue weighted by atomic mass is 9.80. The van der Waals surface area contributed by atoms with E-state index >= 15 is 0 Å². The van der Waals surface area contributed by atoms with Gasteiger partial charge in [-0.3, -0.25) is 9.78 Å². The van der Waals surface area contributed by atoms with E-state index in [4.69, 9.17) is 10.7 Å². The summed E-state index contributed by atoms with van der Waals surface area (Å²) in [5, 5.41) is 8.03. The van der Waals surface area contributed by atoms with E-state index in [1.165, 1.54) is 18.4 Å². The van der Waals surface area contributed by atoms with Crippen LogP contribution in [0.15, 0.2) is 42.9 Å². The number of hydrogen-bond acceptors (Lipinski definition) is 6. The number of piperazine rings is 1. The van der Waals surface area contributed by atoms with Crippen LogP contribution in [0.3, 0.4) is 0 Å². The van der Waals surface area contributed by atoms with Crippen molar-refractivity contribution in [3.63, 3.8) is 0 Å². The minimum absolute atomic E-state index is 0.135. The lowest BCUT2D eigenvalue weighted by Gasteiger charge is -2.40. The number of nitrogens with zero attached hydrogens (tertiary/aromatic N) is 5. The summed E-state index contributed by atoms with van der Waals surface area (Å²) in [6, 6.07) is 8.82. The average Bonchev–Trinajstić information content (AvgIpc) is 3.32. The Morgan fingerprint density at radius 3 is 2.68 bits per heavy atom. The highest BCUT2D eigenvalue weighted by Crippen LogP contribution is 2.31. The number of pyridine rings is 1. The molecule has 3 aliphatic rings. The van der Waals surface area contributed by atoms with Gasteiger partial charge in [-0.15, -0.1) is 0 Å². The van der Waals surface area contributed by atoms with Gasteiger partial charge in [0.1, 0.15) is 0 Å². The van der Waals surface area contributed by atoms with E-state index in [0.29, 0.717) is 5.92 Å². The molecule has 0 spiro atoms. The van der Waals surface area contributed by atoms with Gasteiger partial charge < -0.3 is 20.9 Å². The molecule has 3 aromatic heterocycles. The summed E-state index contributed by atoms with van der Waals surface area (Å²) >= 11 is 0. The van der Waals surface area contributed by atoms with Gasteiger partial charge in [0.2, 0.25) is 5.91 Å². The van der Waals surface area contributed by atoms with Crippen LogP contribution in [0.1, 0.15) is 37.2 Å². The van der Waals surface area contributed by atoms with Crippen LogP contribution in [-0.2, 0) is 4.79 Å². The van der Waals surface area contributed by atoms with Crippen molar-refractivity contribution in [2.75, 3.05) is 44.2 Å². The Morgan fingerprint density at radius 1 is 1.12 bits per heavy atom. The van der Waals surface area contributed by atoms with Crippen LogP contribution in [0.5, 0.6) is 0 Å². The first kappa shape index (κ1) is 21.6. The van der Waals surface area contributed by atoms with Crippen molar-refractivity contribution in [3.05, 3.63) is 48.4 Å². The molecule has 3 fully saturated rings. The van der Waals surface area contributed by atoms with Crippen molar-refractivity contribution in [1.82, 2.24) is 24.8 Å². The minimum Gasteiger partial charge on any atom is -0.366 e. The summed E-state index contributed by atoms with van der Waals surface area (Å²) in [5.74, 6) is 0.976. The van der Waals surface area contributed by atoms with Gasteiger partial charge in [-0.1, -0.05) is 6.07 Å². The molecule has 0 bridgehead atoms. The van der Waals surface area contributed by atoms with Crippen LogP contribution in [0, 0.1) is 5.92 Å². The maximum atomic E-state index is 12.7. The molecule has 8 nitrogen and oxygen atoms in total. The van der Waals surface area contributed by atoms with E-state index < -0.39 is 0 Å². The third-order valence-electron chi connectivity index (χ3n) is 7.79. The third kappa shape index (κ3) is 4.05. The molecule has 6 rings (SSSR count). The smallest absolute Gasteiger partial charge is 0.225 e. The monoisotopic (exact) mass is 459 g/mol. The lowest BCUT2D eigenvalue weighted by Crippen LogP contribution is -2.53. The van der Waals surface area contributed by atoms with E-state index in [9.17, 15) is 4.79 Å². The summed E-state index contributed by atoms with van der Waals surface area (Å²) in [7, 11) is 0. The number of rotatable bonds is 4. The Labute approximate surface area is 200 Å². The number of carbonyl (C=O) groups excluding carboxylic acids is 1. The molecule has 1 saturated carbocycles. The zero-order valence-corrected chi connectivity index (χ0v) is 19.6. The van der Waals surface area contributed by atoms with Gasteiger partial charge in [0, 0.05) is 68.8 Å². The Morgan fingerprint density at radius 2 is 1.97 bits per heavy atom. The molecule has 0 radical (unpaired) electrons. The highest BCUT2D eigenvalue weighted by molar-refractivity contribution is 5.81. The molecule has 3 N–H and O–H groups in total. The van der Waals surface area contributed by atoms with Crippen LogP contribution in [0.25, 0.3) is 16.8 Å². The first-order chi connectivity index (χ1) is 16.7. The highest BCUT2D eigenvalue weighted by atomic mass is 16.2. The van der Waals surface area contributed by atoms with Crippen LogP contribution in [0.2, 0.25) is 0 Å². The molecule has 34 heavy (non-hydrogen) atoms. The summed E-state index contributed by atoms with van der Waals surface area (Å²) in [6.45, 7) is 5.32. The molecule has 2 saturated heterocycles. The molecule has 1 amide bonds. The molecular formula is C26H33N7O. The maximum Gasteiger partial charge on any atom is 0.225 e. The second-order valence-electron chi connectivity index (χ2n) is 10.0. The number of nitrogens with two attached hydrogens (primary N) is 1. The molecule has 3 aromatic rings. The fraction of sp³-hybridized carbons (Fsp3) is 0.500. The summed E-state index contributed by atoms with van der Waals surface area (Å²) < 4.78 is 1.94. The number of fused-ring (bicyclic) bond motifs is 1. The number of carbonyl (C=O) groups is 1.